The molecule has 0 saturated carbocycles. The van der Waals surface area contributed by atoms with Gasteiger partial charge in [0.2, 0.25) is 0 Å². The average Bonchev–Trinajstić information content (AvgIpc) is 2.73. The molecule has 0 aliphatic heterocycles. The third-order valence-electron chi connectivity index (χ3n) is 4.09. The Hall–Kier alpha value is -3.26. The van der Waals surface area contributed by atoms with E-state index in [9.17, 15) is 19.5 Å². The van der Waals surface area contributed by atoms with Crippen molar-refractivity contribution in [3.05, 3.63) is 58.6 Å². The van der Waals surface area contributed by atoms with Gasteiger partial charge in [-0.3, -0.25) is 20.4 Å². The lowest BCUT2D eigenvalue weighted by atomic mass is 10.2. The number of phenolic OH excluding ortho intramolecular Hbond substituents is 1. The predicted molar refractivity (Wildman–Crippen MR) is 109 cm³/mol. The molecule has 2 aromatic rings. The van der Waals surface area contributed by atoms with Gasteiger partial charge in [-0.25, -0.2) is 4.79 Å². The number of anilines is 1. The summed E-state index contributed by atoms with van der Waals surface area (Å²) < 4.78 is 4.80. The lowest BCUT2D eigenvalue weighted by Crippen LogP contribution is -2.43. The number of aromatic hydroxyl groups is 1. The van der Waals surface area contributed by atoms with Crippen LogP contribution in [0.1, 0.15) is 34.6 Å². The van der Waals surface area contributed by atoms with Crippen molar-refractivity contribution < 1.29 is 24.2 Å². The van der Waals surface area contributed by atoms with Crippen molar-refractivity contribution in [2.45, 2.75) is 13.8 Å². The number of nitrogens with zero attached hydrogens (tertiary/aromatic N) is 1. The van der Waals surface area contributed by atoms with E-state index in [1.807, 2.05) is 26.0 Å². The minimum absolute atomic E-state index is 0.164. The van der Waals surface area contributed by atoms with Gasteiger partial charge < -0.3 is 14.7 Å². The highest BCUT2D eigenvalue weighted by Gasteiger charge is 2.15. The van der Waals surface area contributed by atoms with Crippen molar-refractivity contribution in [3.63, 3.8) is 0 Å². The lowest BCUT2D eigenvalue weighted by molar-refractivity contribution is -0.125. The molecule has 0 radical (unpaired) electrons. The van der Waals surface area contributed by atoms with Crippen molar-refractivity contribution in [2.24, 2.45) is 0 Å². The van der Waals surface area contributed by atoms with Crippen LogP contribution in [-0.2, 0) is 9.53 Å². The summed E-state index contributed by atoms with van der Waals surface area (Å²) in [6.07, 6.45) is 0. The molecule has 3 N–H and O–H groups in total. The molecule has 0 saturated heterocycles. The Balaban J connectivity index is 1.83. The number of amides is 2. The first-order valence-corrected chi connectivity index (χ1v) is 9.33. The van der Waals surface area contributed by atoms with Gasteiger partial charge in [0.05, 0.1) is 0 Å². The third-order valence-corrected chi connectivity index (χ3v) is 4.32. The second-order valence-corrected chi connectivity index (χ2v) is 6.40. The number of esters is 1. The maximum atomic E-state index is 12.1. The van der Waals surface area contributed by atoms with Crippen LogP contribution in [-0.4, -0.2) is 42.6 Å². The first kappa shape index (κ1) is 22.0. The monoisotopic (exact) mass is 419 g/mol. The second kappa shape index (κ2) is 10.3. The molecule has 2 amide bonds. The van der Waals surface area contributed by atoms with Gasteiger partial charge in [-0.15, -0.1) is 0 Å². The highest BCUT2D eigenvalue weighted by atomic mass is 35.5. The number of ether oxygens (including phenoxy) is 1. The number of hydrogen-bond donors (Lipinski definition) is 3. The molecule has 0 bridgehead atoms. The molecule has 8 nitrogen and oxygen atoms in total. The van der Waals surface area contributed by atoms with E-state index in [0.717, 1.165) is 18.8 Å². The molecule has 0 fully saturated rings. The fourth-order valence-electron chi connectivity index (χ4n) is 2.53. The number of phenols is 1. The third kappa shape index (κ3) is 6.11. The molecule has 2 rings (SSSR count). The van der Waals surface area contributed by atoms with Crippen LogP contribution in [0.2, 0.25) is 5.02 Å². The Bertz CT molecular complexity index is 882. The van der Waals surface area contributed by atoms with Crippen LogP contribution in [0.25, 0.3) is 0 Å². The molecular weight excluding hydrogens is 398 g/mol. The second-order valence-electron chi connectivity index (χ2n) is 5.96. The van der Waals surface area contributed by atoms with Crippen LogP contribution >= 0.6 is 11.6 Å². The summed E-state index contributed by atoms with van der Waals surface area (Å²) in [7, 11) is 0. The number of nitrogens with one attached hydrogen (secondary N) is 2. The topological polar surface area (TPSA) is 108 Å². The Labute approximate surface area is 173 Å². The van der Waals surface area contributed by atoms with E-state index in [2.05, 4.69) is 15.8 Å². The van der Waals surface area contributed by atoms with Crippen LogP contribution in [0.5, 0.6) is 5.75 Å². The summed E-state index contributed by atoms with van der Waals surface area (Å²) in [4.78, 5) is 37.9. The fraction of sp³-hybridized carbons (Fsp3) is 0.250. The first-order chi connectivity index (χ1) is 13.8. The van der Waals surface area contributed by atoms with Crippen molar-refractivity contribution >= 4 is 35.1 Å². The Morgan fingerprint density at radius 2 is 1.69 bits per heavy atom. The molecule has 0 aliphatic carbocycles. The predicted octanol–water partition coefficient (Wildman–Crippen LogP) is 2.51. The minimum Gasteiger partial charge on any atom is -0.507 e. The van der Waals surface area contributed by atoms with Crippen LogP contribution in [0, 0.1) is 0 Å². The number of hydrazine groups is 1. The molecule has 154 valence electrons. The van der Waals surface area contributed by atoms with E-state index < -0.39 is 24.4 Å². The average molecular weight is 420 g/mol. The zero-order chi connectivity index (χ0) is 21.4. The zero-order valence-electron chi connectivity index (χ0n) is 16.1. The first-order valence-electron chi connectivity index (χ1n) is 8.95. The van der Waals surface area contributed by atoms with Gasteiger partial charge in [-0.2, -0.15) is 0 Å². The number of hydrogen-bond acceptors (Lipinski definition) is 6. The molecule has 0 aliphatic rings. The minimum atomic E-state index is -0.918. The molecule has 0 unspecified atom stereocenters. The summed E-state index contributed by atoms with van der Waals surface area (Å²) in [6.45, 7) is 5.14. The molecule has 29 heavy (non-hydrogen) atoms. The standard InChI is InChI=1S/C20H22ClN3O5/c1-3-24(4-2)15-8-5-13(6-9-15)19(27)23-22-18(26)12-29-20(28)16-11-14(21)7-10-17(16)25/h5-11,25H,3-4,12H2,1-2H3,(H,22,26)(H,23,27). The van der Waals surface area contributed by atoms with Crippen molar-refractivity contribution in [1.82, 2.24) is 10.9 Å². The van der Waals surface area contributed by atoms with Gasteiger partial charge >= 0.3 is 5.97 Å². The maximum Gasteiger partial charge on any atom is 0.342 e. The van der Waals surface area contributed by atoms with Gasteiger partial charge in [0.25, 0.3) is 11.8 Å². The molecule has 0 spiro atoms. The Morgan fingerprint density at radius 3 is 2.31 bits per heavy atom. The molecule has 0 heterocycles. The Morgan fingerprint density at radius 1 is 1.03 bits per heavy atom. The highest BCUT2D eigenvalue weighted by molar-refractivity contribution is 6.31. The smallest absolute Gasteiger partial charge is 0.342 e. The molecular formula is C20H22ClN3O5. The summed E-state index contributed by atoms with van der Waals surface area (Å²) in [5.74, 6) is -2.49. The normalized spacial score (nSPS) is 10.2. The van der Waals surface area contributed by atoms with E-state index in [1.165, 1.54) is 18.2 Å². The van der Waals surface area contributed by atoms with Gasteiger partial charge in [0, 0.05) is 29.4 Å². The molecule has 0 atom stereocenters. The summed E-state index contributed by atoms with van der Waals surface area (Å²) in [5.41, 5.74) is 5.60. The van der Waals surface area contributed by atoms with Gasteiger partial charge in [-0.05, 0) is 56.3 Å². The number of rotatable bonds is 7. The molecule has 2 aromatic carbocycles. The summed E-state index contributed by atoms with van der Waals surface area (Å²) >= 11 is 5.76. The van der Waals surface area contributed by atoms with E-state index in [-0.39, 0.29) is 16.3 Å². The van der Waals surface area contributed by atoms with Crippen LogP contribution in [0.15, 0.2) is 42.5 Å². The number of benzene rings is 2. The van der Waals surface area contributed by atoms with Crippen molar-refractivity contribution in [3.8, 4) is 5.75 Å². The van der Waals surface area contributed by atoms with Gasteiger partial charge in [0.1, 0.15) is 11.3 Å². The van der Waals surface area contributed by atoms with E-state index in [1.54, 1.807) is 12.1 Å². The molecule has 0 aromatic heterocycles. The highest BCUT2D eigenvalue weighted by Crippen LogP contribution is 2.22. The Kier molecular flexibility index (Phi) is 7.85. The van der Waals surface area contributed by atoms with Gasteiger partial charge in [-0.1, -0.05) is 11.6 Å². The number of carbonyl (C=O) groups excluding carboxylic acids is 3. The quantitative estimate of drug-likeness (QED) is 0.470. The largest absolute Gasteiger partial charge is 0.507 e. The summed E-state index contributed by atoms with van der Waals surface area (Å²) in [6, 6.07) is 10.8. The molecule has 9 heteroatoms. The SMILES string of the molecule is CCN(CC)c1ccc(C(=O)NNC(=O)COC(=O)c2cc(Cl)ccc2O)cc1. The number of halogens is 1. The van der Waals surface area contributed by atoms with Crippen LogP contribution < -0.4 is 15.8 Å². The maximum absolute atomic E-state index is 12.1. The lowest BCUT2D eigenvalue weighted by Gasteiger charge is -2.21. The number of carbonyl (C=O) groups is 3. The summed E-state index contributed by atoms with van der Waals surface area (Å²) in [5, 5.41) is 9.87. The van der Waals surface area contributed by atoms with Gasteiger partial charge in [0.15, 0.2) is 6.61 Å². The zero-order valence-corrected chi connectivity index (χ0v) is 16.8. The van der Waals surface area contributed by atoms with Crippen LogP contribution in [0.4, 0.5) is 5.69 Å². The fourth-order valence-corrected chi connectivity index (χ4v) is 2.70. The van der Waals surface area contributed by atoms with E-state index in [4.69, 9.17) is 16.3 Å². The van der Waals surface area contributed by atoms with E-state index in [0.29, 0.717) is 5.56 Å². The van der Waals surface area contributed by atoms with Crippen molar-refractivity contribution in [1.29, 1.82) is 0 Å². The van der Waals surface area contributed by atoms with Crippen molar-refractivity contribution in [2.75, 3.05) is 24.6 Å². The van der Waals surface area contributed by atoms with E-state index >= 15 is 0 Å². The van der Waals surface area contributed by atoms with Crippen LogP contribution in [0.3, 0.4) is 0 Å².